The van der Waals surface area contributed by atoms with Crippen molar-refractivity contribution in [2.75, 3.05) is 25.3 Å². The van der Waals surface area contributed by atoms with Crippen LogP contribution in [0.4, 0.5) is 19.0 Å². The number of rotatable bonds is 4. The number of sulfone groups is 1. The molecule has 3 aromatic rings. The van der Waals surface area contributed by atoms with Gasteiger partial charge in [0.1, 0.15) is 5.69 Å². The van der Waals surface area contributed by atoms with Crippen LogP contribution < -0.4 is 4.90 Å². The number of halogens is 3. The van der Waals surface area contributed by atoms with Crippen molar-refractivity contribution in [1.29, 1.82) is 0 Å². The van der Waals surface area contributed by atoms with E-state index in [4.69, 9.17) is 0 Å². The Kier molecular flexibility index (Phi) is 5.26. The van der Waals surface area contributed by atoms with Crippen LogP contribution in [-0.2, 0) is 16.0 Å². The van der Waals surface area contributed by atoms with Gasteiger partial charge in [0.05, 0.1) is 11.3 Å². The van der Waals surface area contributed by atoms with Crippen LogP contribution in [0.25, 0.3) is 22.5 Å². The smallest absolute Gasteiger partial charge is 0.361 e. The molecule has 1 aromatic carbocycles. The molecule has 29 heavy (non-hydrogen) atoms. The summed E-state index contributed by atoms with van der Waals surface area (Å²) < 4.78 is 63.0. The minimum absolute atomic E-state index is 0.139. The van der Waals surface area contributed by atoms with Crippen LogP contribution in [0.15, 0.2) is 47.8 Å². The molecule has 0 saturated heterocycles. The van der Waals surface area contributed by atoms with Crippen molar-refractivity contribution in [3.8, 4) is 22.5 Å². The summed E-state index contributed by atoms with van der Waals surface area (Å²) in [6, 6.07) is 7.69. The molecule has 0 spiro atoms. The molecule has 152 valence electrons. The van der Waals surface area contributed by atoms with Crippen LogP contribution in [0.1, 0.15) is 5.56 Å². The Morgan fingerprint density at radius 1 is 1.03 bits per heavy atom. The fourth-order valence-electron chi connectivity index (χ4n) is 2.52. The Hall–Kier alpha value is -3.08. The third-order valence-electron chi connectivity index (χ3n) is 3.94. The number of hydrogen-bond donors (Lipinski definition) is 0. The van der Waals surface area contributed by atoms with Crippen LogP contribution in [0.2, 0.25) is 0 Å². The third-order valence-corrected chi connectivity index (χ3v) is 4.80. The molecule has 0 N–H and O–H groups in total. The summed E-state index contributed by atoms with van der Waals surface area (Å²) in [7, 11) is -0.237. The SMILES string of the molecule is CN(C)c1cc(-c2ccnc(S(C)(=O)=O)n2)c(-c2cccc(C(F)(F)F)c2)nn1. The highest BCUT2D eigenvalue weighted by Crippen LogP contribution is 2.35. The molecule has 0 aliphatic heterocycles. The summed E-state index contributed by atoms with van der Waals surface area (Å²) in [5.74, 6) is 0.426. The first-order chi connectivity index (χ1) is 13.5. The molecule has 2 aromatic heterocycles. The van der Waals surface area contributed by atoms with Crippen molar-refractivity contribution in [3.63, 3.8) is 0 Å². The maximum Gasteiger partial charge on any atom is 0.416 e. The number of aromatic nitrogens is 4. The van der Waals surface area contributed by atoms with Gasteiger partial charge in [-0.15, -0.1) is 10.2 Å². The van der Waals surface area contributed by atoms with Crippen LogP contribution in [0.3, 0.4) is 0 Å². The first-order valence-electron chi connectivity index (χ1n) is 8.23. The molecule has 0 atom stereocenters. The van der Waals surface area contributed by atoms with Crippen molar-refractivity contribution in [2.45, 2.75) is 11.3 Å². The topological polar surface area (TPSA) is 88.9 Å². The van der Waals surface area contributed by atoms with E-state index in [2.05, 4.69) is 20.2 Å². The van der Waals surface area contributed by atoms with Gasteiger partial charge in [0.25, 0.3) is 0 Å². The van der Waals surface area contributed by atoms with Crippen molar-refractivity contribution < 1.29 is 21.6 Å². The largest absolute Gasteiger partial charge is 0.416 e. The van der Waals surface area contributed by atoms with Gasteiger partial charge in [0.15, 0.2) is 5.82 Å². The highest BCUT2D eigenvalue weighted by molar-refractivity contribution is 7.90. The molecule has 7 nitrogen and oxygen atoms in total. The third kappa shape index (κ3) is 4.50. The lowest BCUT2D eigenvalue weighted by Gasteiger charge is -2.15. The van der Waals surface area contributed by atoms with Gasteiger partial charge in [-0.05, 0) is 24.3 Å². The van der Waals surface area contributed by atoms with Gasteiger partial charge in [-0.2, -0.15) is 13.2 Å². The Bertz CT molecular complexity index is 1160. The van der Waals surface area contributed by atoms with E-state index in [-0.39, 0.29) is 17.0 Å². The lowest BCUT2D eigenvalue weighted by Crippen LogP contribution is -2.12. The second-order valence-corrected chi connectivity index (χ2v) is 8.34. The minimum Gasteiger partial charge on any atom is -0.361 e. The van der Waals surface area contributed by atoms with E-state index < -0.39 is 26.7 Å². The van der Waals surface area contributed by atoms with Crippen molar-refractivity contribution in [3.05, 3.63) is 48.2 Å². The molecule has 0 unspecified atom stereocenters. The second kappa shape index (κ2) is 7.39. The molecule has 3 rings (SSSR count). The Labute approximate surface area is 165 Å². The number of nitrogens with zero attached hydrogens (tertiary/aromatic N) is 5. The van der Waals surface area contributed by atoms with E-state index in [9.17, 15) is 21.6 Å². The van der Waals surface area contributed by atoms with Gasteiger partial charge in [-0.1, -0.05) is 12.1 Å². The second-order valence-electron chi connectivity index (χ2n) is 6.43. The molecule has 0 aliphatic rings. The Morgan fingerprint density at radius 2 is 1.76 bits per heavy atom. The number of hydrogen-bond acceptors (Lipinski definition) is 7. The molecule has 0 fully saturated rings. The molecular formula is C18H16F3N5O2S. The summed E-state index contributed by atoms with van der Waals surface area (Å²) in [4.78, 5) is 9.47. The first kappa shape index (κ1) is 20.6. The fourth-order valence-corrected chi connectivity index (χ4v) is 3.04. The average molecular weight is 423 g/mol. The average Bonchev–Trinajstić information content (AvgIpc) is 2.66. The molecular weight excluding hydrogens is 407 g/mol. The van der Waals surface area contributed by atoms with E-state index in [1.54, 1.807) is 25.1 Å². The van der Waals surface area contributed by atoms with E-state index in [1.807, 2.05) is 0 Å². The van der Waals surface area contributed by atoms with Crippen molar-refractivity contribution >= 4 is 15.7 Å². The quantitative estimate of drug-likeness (QED) is 0.596. The molecule has 2 heterocycles. The molecule has 0 bridgehead atoms. The highest BCUT2D eigenvalue weighted by atomic mass is 32.2. The monoisotopic (exact) mass is 423 g/mol. The molecule has 11 heteroatoms. The van der Waals surface area contributed by atoms with Crippen LogP contribution >= 0.6 is 0 Å². The number of anilines is 1. The van der Waals surface area contributed by atoms with Gasteiger partial charge in [-0.3, -0.25) is 0 Å². The first-order valence-corrected chi connectivity index (χ1v) is 10.1. The van der Waals surface area contributed by atoms with Gasteiger partial charge >= 0.3 is 6.18 Å². The molecule has 0 amide bonds. The Balaban J connectivity index is 2.26. The Morgan fingerprint density at radius 3 is 2.38 bits per heavy atom. The van der Waals surface area contributed by atoms with E-state index in [0.717, 1.165) is 18.4 Å². The lowest BCUT2D eigenvalue weighted by molar-refractivity contribution is -0.137. The molecule has 0 saturated carbocycles. The van der Waals surface area contributed by atoms with E-state index in [1.165, 1.54) is 24.4 Å². The molecule has 0 aliphatic carbocycles. The number of alkyl halides is 3. The zero-order valence-corrected chi connectivity index (χ0v) is 16.5. The minimum atomic E-state index is -4.52. The maximum atomic E-state index is 13.1. The van der Waals surface area contributed by atoms with E-state index >= 15 is 0 Å². The van der Waals surface area contributed by atoms with Gasteiger partial charge in [0.2, 0.25) is 15.0 Å². The standard InChI is InChI=1S/C18H16F3N5O2S/c1-26(2)15-10-13(14-7-8-22-17(23-14)29(3,27)28)16(25-24-15)11-5-4-6-12(9-11)18(19,20)21/h4-10H,1-3H3. The van der Waals surface area contributed by atoms with E-state index in [0.29, 0.717) is 11.4 Å². The van der Waals surface area contributed by atoms with Gasteiger partial charge < -0.3 is 4.90 Å². The van der Waals surface area contributed by atoms with Gasteiger partial charge in [0, 0.05) is 37.7 Å². The predicted octanol–water partition coefficient (Wildman–Crippen LogP) is 3.09. The number of benzene rings is 1. The van der Waals surface area contributed by atoms with Crippen LogP contribution in [-0.4, -0.2) is 48.9 Å². The fraction of sp³-hybridized carbons (Fsp3) is 0.222. The zero-order valence-electron chi connectivity index (χ0n) is 15.6. The van der Waals surface area contributed by atoms with Crippen LogP contribution in [0, 0.1) is 0 Å². The summed E-state index contributed by atoms with van der Waals surface area (Å²) >= 11 is 0. The van der Waals surface area contributed by atoms with Crippen LogP contribution in [0.5, 0.6) is 0 Å². The van der Waals surface area contributed by atoms with Crippen molar-refractivity contribution in [1.82, 2.24) is 20.2 Å². The summed E-state index contributed by atoms with van der Waals surface area (Å²) in [6.07, 6.45) is -2.29. The summed E-state index contributed by atoms with van der Waals surface area (Å²) in [6.45, 7) is 0. The van der Waals surface area contributed by atoms with Gasteiger partial charge in [-0.25, -0.2) is 18.4 Å². The lowest BCUT2D eigenvalue weighted by atomic mass is 10.0. The molecule has 0 radical (unpaired) electrons. The summed E-state index contributed by atoms with van der Waals surface area (Å²) in [5, 5.41) is 7.73. The normalized spacial score (nSPS) is 12.1. The predicted molar refractivity (Wildman–Crippen MR) is 101 cm³/mol. The maximum absolute atomic E-state index is 13.1. The summed E-state index contributed by atoms with van der Waals surface area (Å²) in [5.41, 5.74) is 0.00658. The highest BCUT2D eigenvalue weighted by Gasteiger charge is 2.31. The van der Waals surface area contributed by atoms with Crippen molar-refractivity contribution in [2.24, 2.45) is 0 Å². The zero-order chi connectivity index (χ0) is 21.4.